The lowest BCUT2D eigenvalue weighted by Crippen LogP contribution is -2.47. The highest BCUT2D eigenvalue weighted by Crippen LogP contribution is 2.27. The van der Waals surface area contributed by atoms with Gasteiger partial charge in [-0.3, -0.25) is 4.79 Å². The van der Waals surface area contributed by atoms with Gasteiger partial charge in [-0.15, -0.1) is 0 Å². The molecule has 6 heteroatoms. The van der Waals surface area contributed by atoms with Gasteiger partial charge in [-0.1, -0.05) is 11.6 Å². The van der Waals surface area contributed by atoms with Crippen molar-refractivity contribution in [2.24, 2.45) is 11.8 Å². The second kappa shape index (κ2) is 8.03. The highest BCUT2D eigenvalue weighted by atomic mass is 16.3. The van der Waals surface area contributed by atoms with Gasteiger partial charge in [0.25, 0.3) is 0 Å². The van der Waals surface area contributed by atoms with E-state index >= 15 is 0 Å². The van der Waals surface area contributed by atoms with Gasteiger partial charge in [-0.25, -0.2) is 9.97 Å². The molecule has 0 saturated carbocycles. The van der Waals surface area contributed by atoms with Crippen LogP contribution in [0.15, 0.2) is 18.2 Å². The van der Waals surface area contributed by atoms with Crippen LogP contribution in [0.4, 0.5) is 5.95 Å². The van der Waals surface area contributed by atoms with Crippen LogP contribution in [-0.2, 0) is 4.79 Å². The van der Waals surface area contributed by atoms with Crippen LogP contribution >= 0.6 is 0 Å². The average molecular weight is 383 g/mol. The third kappa shape index (κ3) is 3.83. The van der Waals surface area contributed by atoms with Crippen molar-refractivity contribution in [3.63, 3.8) is 0 Å². The minimum absolute atomic E-state index is 0.0814. The van der Waals surface area contributed by atoms with E-state index in [-0.39, 0.29) is 24.3 Å². The van der Waals surface area contributed by atoms with Gasteiger partial charge in [0.2, 0.25) is 11.9 Å². The molecule has 1 aromatic heterocycles. The molecule has 3 heterocycles. The van der Waals surface area contributed by atoms with Crippen molar-refractivity contribution < 1.29 is 9.90 Å². The van der Waals surface area contributed by atoms with Gasteiger partial charge in [0, 0.05) is 44.1 Å². The molecular formula is C22H30N4O2. The van der Waals surface area contributed by atoms with Gasteiger partial charge in [-0.05, 0) is 57.6 Å². The Hall–Kier alpha value is -2.21. The van der Waals surface area contributed by atoms with Gasteiger partial charge >= 0.3 is 0 Å². The first-order chi connectivity index (χ1) is 13.5. The molecule has 2 aliphatic rings. The summed E-state index contributed by atoms with van der Waals surface area (Å²) in [5, 5.41) is 10.5. The van der Waals surface area contributed by atoms with Gasteiger partial charge in [0.1, 0.15) is 0 Å². The van der Waals surface area contributed by atoms with Crippen molar-refractivity contribution in [1.29, 1.82) is 0 Å². The summed E-state index contributed by atoms with van der Waals surface area (Å²) in [5.74, 6) is 1.37. The van der Waals surface area contributed by atoms with Crippen molar-refractivity contribution in [1.82, 2.24) is 14.9 Å². The second-order valence-corrected chi connectivity index (χ2v) is 8.37. The molecule has 0 radical (unpaired) electrons. The summed E-state index contributed by atoms with van der Waals surface area (Å²) in [6.07, 6.45) is 3.71. The molecule has 28 heavy (non-hydrogen) atoms. The van der Waals surface area contributed by atoms with E-state index in [1.165, 1.54) is 5.56 Å². The van der Waals surface area contributed by atoms with E-state index in [1.807, 2.05) is 11.8 Å². The van der Waals surface area contributed by atoms with Crippen molar-refractivity contribution in [2.75, 3.05) is 37.7 Å². The number of aryl methyl sites for hydroxylation is 2. The topological polar surface area (TPSA) is 69.6 Å². The predicted molar refractivity (Wildman–Crippen MR) is 110 cm³/mol. The summed E-state index contributed by atoms with van der Waals surface area (Å²) in [6.45, 7) is 7.47. The Morgan fingerprint density at radius 1 is 1.14 bits per heavy atom. The Balaban J connectivity index is 1.42. The van der Waals surface area contributed by atoms with Gasteiger partial charge in [0.15, 0.2) is 0 Å². The third-order valence-corrected chi connectivity index (χ3v) is 6.25. The molecule has 2 aliphatic heterocycles. The molecule has 1 atom stereocenters. The van der Waals surface area contributed by atoms with Gasteiger partial charge in [0.05, 0.1) is 11.2 Å². The third-order valence-electron chi connectivity index (χ3n) is 6.25. The molecule has 1 unspecified atom stereocenters. The van der Waals surface area contributed by atoms with E-state index < -0.39 is 0 Å². The number of rotatable bonds is 3. The first-order valence-corrected chi connectivity index (χ1v) is 10.4. The molecule has 4 rings (SSSR count). The van der Waals surface area contributed by atoms with Crippen molar-refractivity contribution >= 4 is 22.8 Å². The molecule has 150 valence electrons. The monoisotopic (exact) mass is 382 g/mol. The zero-order valence-corrected chi connectivity index (χ0v) is 16.9. The Morgan fingerprint density at radius 3 is 2.68 bits per heavy atom. The number of carbonyl (C=O) groups excluding carboxylic acids is 1. The molecule has 1 amide bonds. The summed E-state index contributed by atoms with van der Waals surface area (Å²) in [5.41, 5.74) is 3.20. The molecule has 1 aromatic carbocycles. The molecular weight excluding hydrogens is 352 g/mol. The molecule has 0 spiro atoms. The van der Waals surface area contributed by atoms with Crippen LogP contribution in [0.5, 0.6) is 0 Å². The van der Waals surface area contributed by atoms with E-state index in [2.05, 4.69) is 30.0 Å². The van der Waals surface area contributed by atoms with Gasteiger partial charge in [-0.2, -0.15) is 0 Å². The maximum absolute atomic E-state index is 12.9. The Kier molecular flexibility index (Phi) is 5.49. The van der Waals surface area contributed by atoms with Crippen molar-refractivity contribution in [2.45, 2.75) is 39.5 Å². The summed E-state index contributed by atoms with van der Waals surface area (Å²) < 4.78 is 0. The van der Waals surface area contributed by atoms with E-state index in [0.717, 1.165) is 67.9 Å². The summed E-state index contributed by atoms with van der Waals surface area (Å²) in [6, 6.07) is 6.28. The lowest BCUT2D eigenvalue weighted by Gasteiger charge is -2.37. The zero-order valence-electron chi connectivity index (χ0n) is 16.9. The quantitative estimate of drug-likeness (QED) is 0.884. The predicted octanol–water partition coefficient (Wildman–Crippen LogP) is 2.69. The fraction of sp³-hybridized carbons (Fsp3) is 0.591. The standard InChI is InChI=1S/C22H30N4O2/c1-15-5-6-20-19(12-15)16(2)23-22(24-20)25-10-7-18(8-11-25)21(28)26-9-3-4-17(13-26)14-27/h5-6,12,17-18,27H,3-4,7-11,13-14H2,1-2H3. The molecule has 0 aliphatic carbocycles. The molecule has 6 nitrogen and oxygen atoms in total. The lowest BCUT2D eigenvalue weighted by atomic mass is 9.92. The first-order valence-electron chi connectivity index (χ1n) is 10.4. The maximum atomic E-state index is 12.9. The summed E-state index contributed by atoms with van der Waals surface area (Å²) >= 11 is 0. The average Bonchev–Trinajstić information content (AvgIpc) is 2.73. The smallest absolute Gasteiger partial charge is 0.226 e. The van der Waals surface area contributed by atoms with Gasteiger partial charge < -0.3 is 14.9 Å². The van der Waals surface area contributed by atoms with Crippen LogP contribution in [0.2, 0.25) is 0 Å². The largest absolute Gasteiger partial charge is 0.396 e. The minimum Gasteiger partial charge on any atom is -0.396 e. The Bertz CT molecular complexity index is 861. The molecule has 1 N–H and O–H groups in total. The SMILES string of the molecule is Cc1ccc2nc(N3CCC(C(=O)N4CCCC(CO)C4)CC3)nc(C)c2c1. The second-order valence-electron chi connectivity index (χ2n) is 8.37. The number of aliphatic hydroxyl groups is 1. The fourth-order valence-corrected chi connectivity index (χ4v) is 4.52. The van der Waals surface area contributed by atoms with Crippen molar-refractivity contribution in [3.8, 4) is 0 Å². The van der Waals surface area contributed by atoms with Crippen molar-refractivity contribution in [3.05, 3.63) is 29.5 Å². The Labute approximate surface area is 166 Å². The van der Waals surface area contributed by atoms with E-state index in [0.29, 0.717) is 6.54 Å². The number of anilines is 1. The number of benzene rings is 1. The molecule has 0 bridgehead atoms. The van der Waals surface area contributed by atoms with E-state index in [1.54, 1.807) is 0 Å². The number of aliphatic hydroxyl groups excluding tert-OH is 1. The number of fused-ring (bicyclic) bond motifs is 1. The van der Waals surface area contributed by atoms with Crippen LogP contribution in [-0.4, -0.2) is 58.7 Å². The molecule has 2 fully saturated rings. The zero-order chi connectivity index (χ0) is 19.7. The number of hydrogen-bond acceptors (Lipinski definition) is 5. The van der Waals surface area contributed by atoms with Crippen LogP contribution < -0.4 is 4.90 Å². The number of likely N-dealkylation sites (tertiary alicyclic amines) is 1. The molecule has 2 saturated heterocycles. The maximum Gasteiger partial charge on any atom is 0.226 e. The normalized spacial score (nSPS) is 21.3. The summed E-state index contributed by atoms with van der Waals surface area (Å²) in [7, 11) is 0. The summed E-state index contributed by atoms with van der Waals surface area (Å²) in [4.78, 5) is 26.6. The lowest BCUT2D eigenvalue weighted by molar-refractivity contribution is -0.138. The Morgan fingerprint density at radius 2 is 1.93 bits per heavy atom. The minimum atomic E-state index is 0.0814. The van der Waals surface area contributed by atoms with E-state index in [9.17, 15) is 9.90 Å². The van der Waals surface area contributed by atoms with Crippen LogP contribution in [0.1, 0.15) is 36.9 Å². The number of piperidine rings is 2. The van der Waals surface area contributed by atoms with Crippen LogP contribution in [0.3, 0.4) is 0 Å². The molecule has 2 aromatic rings. The highest BCUT2D eigenvalue weighted by Gasteiger charge is 2.32. The fourth-order valence-electron chi connectivity index (χ4n) is 4.52. The number of nitrogens with zero attached hydrogens (tertiary/aromatic N) is 4. The number of amides is 1. The van der Waals surface area contributed by atoms with Crippen LogP contribution in [0, 0.1) is 25.7 Å². The number of carbonyl (C=O) groups is 1. The van der Waals surface area contributed by atoms with Crippen LogP contribution in [0.25, 0.3) is 10.9 Å². The number of hydrogen-bond donors (Lipinski definition) is 1. The van der Waals surface area contributed by atoms with E-state index in [4.69, 9.17) is 9.97 Å². The first kappa shape index (κ1) is 19.1. The highest BCUT2D eigenvalue weighted by molar-refractivity contribution is 5.82. The number of aromatic nitrogens is 2.